The van der Waals surface area contributed by atoms with Crippen LogP contribution in [0.4, 0.5) is 0 Å². The summed E-state index contributed by atoms with van der Waals surface area (Å²) in [5.74, 6) is 3.01. The molecule has 0 radical (unpaired) electrons. The number of benzene rings is 3. The fourth-order valence-corrected chi connectivity index (χ4v) is 4.40. The molecular formula is C27H26O6. The SMILES string of the molecule is COc1ccc(C2=C(C=O)c3cc(OC)cc(OC)c3C2c2cc(OC)cc(OC)c2)cc1. The van der Waals surface area contributed by atoms with Gasteiger partial charge in [-0.15, -0.1) is 0 Å². The Bertz CT molecular complexity index is 1190. The Balaban J connectivity index is 2.05. The molecule has 1 atom stereocenters. The first-order chi connectivity index (χ1) is 16.1. The van der Waals surface area contributed by atoms with Crippen molar-refractivity contribution < 1.29 is 28.5 Å². The summed E-state index contributed by atoms with van der Waals surface area (Å²) in [5, 5.41) is 0. The zero-order chi connectivity index (χ0) is 23.5. The van der Waals surface area contributed by atoms with E-state index >= 15 is 0 Å². The molecule has 3 aromatic carbocycles. The zero-order valence-corrected chi connectivity index (χ0v) is 19.3. The van der Waals surface area contributed by atoms with Gasteiger partial charge in [0, 0.05) is 29.2 Å². The van der Waals surface area contributed by atoms with Gasteiger partial charge in [-0.25, -0.2) is 0 Å². The van der Waals surface area contributed by atoms with Gasteiger partial charge in [-0.05, 0) is 52.6 Å². The lowest BCUT2D eigenvalue weighted by Gasteiger charge is -2.22. The van der Waals surface area contributed by atoms with Gasteiger partial charge >= 0.3 is 0 Å². The minimum atomic E-state index is -0.293. The summed E-state index contributed by atoms with van der Waals surface area (Å²) in [4.78, 5) is 12.5. The number of hydrogen-bond donors (Lipinski definition) is 0. The van der Waals surface area contributed by atoms with Crippen LogP contribution in [-0.4, -0.2) is 41.8 Å². The molecule has 6 nitrogen and oxygen atoms in total. The van der Waals surface area contributed by atoms with Crippen LogP contribution in [0.15, 0.2) is 54.6 Å². The molecule has 0 N–H and O–H groups in total. The van der Waals surface area contributed by atoms with E-state index in [2.05, 4.69) is 0 Å². The topological polar surface area (TPSA) is 63.2 Å². The van der Waals surface area contributed by atoms with Crippen LogP contribution < -0.4 is 23.7 Å². The lowest BCUT2D eigenvalue weighted by molar-refractivity contribution is -0.103. The molecule has 0 aromatic heterocycles. The number of carbonyl (C=O) groups is 1. The first-order valence-electron chi connectivity index (χ1n) is 10.4. The fourth-order valence-electron chi connectivity index (χ4n) is 4.40. The number of rotatable bonds is 8. The Morgan fingerprint density at radius 1 is 0.667 bits per heavy atom. The Hall–Kier alpha value is -3.93. The second-order valence-electron chi connectivity index (χ2n) is 7.54. The van der Waals surface area contributed by atoms with E-state index in [1.54, 1.807) is 35.5 Å². The number of fused-ring (bicyclic) bond motifs is 1. The average molecular weight is 446 g/mol. The van der Waals surface area contributed by atoms with Gasteiger partial charge in [0.05, 0.1) is 35.5 Å². The number of allylic oxidation sites excluding steroid dienone is 2. The average Bonchev–Trinajstić information content (AvgIpc) is 3.21. The van der Waals surface area contributed by atoms with Crippen molar-refractivity contribution >= 4 is 17.4 Å². The summed E-state index contributed by atoms with van der Waals surface area (Å²) in [6.45, 7) is 0. The molecule has 170 valence electrons. The summed E-state index contributed by atoms with van der Waals surface area (Å²) >= 11 is 0. The van der Waals surface area contributed by atoms with Crippen molar-refractivity contribution in [2.24, 2.45) is 0 Å². The quantitative estimate of drug-likeness (QED) is 0.455. The normalized spacial score (nSPS) is 14.5. The van der Waals surface area contributed by atoms with Gasteiger partial charge in [-0.2, -0.15) is 0 Å². The molecule has 3 aromatic rings. The van der Waals surface area contributed by atoms with Gasteiger partial charge in [0.2, 0.25) is 0 Å². The lowest BCUT2D eigenvalue weighted by atomic mass is 9.84. The first-order valence-corrected chi connectivity index (χ1v) is 10.4. The molecule has 6 heteroatoms. The first kappa shape index (κ1) is 22.3. The lowest BCUT2D eigenvalue weighted by Crippen LogP contribution is -2.05. The van der Waals surface area contributed by atoms with Crippen LogP contribution in [0.25, 0.3) is 11.1 Å². The van der Waals surface area contributed by atoms with Crippen molar-refractivity contribution in [2.75, 3.05) is 35.5 Å². The highest BCUT2D eigenvalue weighted by Gasteiger charge is 2.37. The van der Waals surface area contributed by atoms with Gasteiger partial charge in [0.25, 0.3) is 0 Å². The van der Waals surface area contributed by atoms with Crippen LogP contribution in [0.3, 0.4) is 0 Å². The Morgan fingerprint density at radius 3 is 1.76 bits per heavy atom. The van der Waals surface area contributed by atoms with Crippen molar-refractivity contribution in [3.63, 3.8) is 0 Å². The number of carbonyl (C=O) groups excluding carboxylic acids is 1. The molecule has 4 rings (SSSR count). The fraction of sp³-hybridized carbons (Fsp3) is 0.222. The number of methoxy groups -OCH3 is 5. The maximum absolute atomic E-state index is 12.5. The van der Waals surface area contributed by atoms with E-state index in [4.69, 9.17) is 23.7 Å². The van der Waals surface area contributed by atoms with Gasteiger partial charge in [-0.3, -0.25) is 4.79 Å². The number of aldehydes is 1. The Labute approximate surface area is 193 Å². The van der Waals surface area contributed by atoms with E-state index in [9.17, 15) is 4.79 Å². The number of hydrogen-bond acceptors (Lipinski definition) is 6. The van der Waals surface area contributed by atoms with Gasteiger partial charge in [0.15, 0.2) is 6.29 Å². The predicted molar refractivity (Wildman–Crippen MR) is 127 cm³/mol. The van der Waals surface area contributed by atoms with Crippen LogP contribution in [0, 0.1) is 0 Å². The van der Waals surface area contributed by atoms with E-state index in [1.165, 1.54) is 0 Å². The van der Waals surface area contributed by atoms with Crippen molar-refractivity contribution in [3.8, 4) is 28.7 Å². The molecule has 0 aliphatic heterocycles. The standard InChI is InChI=1S/C27H26O6/c1-29-18-8-6-16(7-9-18)25-23(15-28)22-13-21(32-4)14-24(33-5)27(22)26(25)17-10-19(30-2)12-20(11-17)31-3/h6-15,26H,1-5H3. The van der Waals surface area contributed by atoms with Crippen molar-refractivity contribution in [3.05, 3.63) is 76.9 Å². The van der Waals surface area contributed by atoms with Gasteiger partial charge in [-0.1, -0.05) is 12.1 Å². The molecular weight excluding hydrogens is 420 g/mol. The molecule has 0 bridgehead atoms. The van der Waals surface area contributed by atoms with Crippen LogP contribution >= 0.6 is 0 Å². The molecule has 0 amide bonds. The molecule has 1 aliphatic carbocycles. The minimum Gasteiger partial charge on any atom is -0.497 e. The third-order valence-electron chi connectivity index (χ3n) is 5.95. The highest BCUT2D eigenvalue weighted by Crippen LogP contribution is 2.54. The molecule has 0 spiro atoms. The zero-order valence-electron chi connectivity index (χ0n) is 19.3. The molecule has 1 unspecified atom stereocenters. The smallest absolute Gasteiger partial charge is 0.151 e. The highest BCUT2D eigenvalue weighted by molar-refractivity contribution is 6.22. The molecule has 0 saturated carbocycles. The minimum absolute atomic E-state index is 0.293. The molecule has 1 aliphatic rings. The van der Waals surface area contributed by atoms with Crippen LogP contribution in [0.5, 0.6) is 28.7 Å². The maximum Gasteiger partial charge on any atom is 0.151 e. The highest BCUT2D eigenvalue weighted by atomic mass is 16.5. The summed E-state index contributed by atoms with van der Waals surface area (Å²) in [5.41, 5.74) is 4.93. The molecule has 33 heavy (non-hydrogen) atoms. The van der Waals surface area contributed by atoms with E-state index in [0.29, 0.717) is 28.6 Å². The monoisotopic (exact) mass is 446 g/mol. The van der Waals surface area contributed by atoms with Crippen LogP contribution in [0.1, 0.15) is 28.2 Å². The van der Waals surface area contributed by atoms with Crippen molar-refractivity contribution in [1.82, 2.24) is 0 Å². The van der Waals surface area contributed by atoms with Gasteiger partial charge in [0.1, 0.15) is 28.7 Å². The molecule has 0 fully saturated rings. The van der Waals surface area contributed by atoms with Crippen LogP contribution in [0.2, 0.25) is 0 Å². The van der Waals surface area contributed by atoms with Crippen LogP contribution in [-0.2, 0) is 4.79 Å². The van der Waals surface area contributed by atoms with Crippen molar-refractivity contribution in [2.45, 2.75) is 5.92 Å². The Morgan fingerprint density at radius 2 is 1.24 bits per heavy atom. The Kier molecular flexibility index (Phi) is 6.27. The van der Waals surface area contributed by atoms with E-state index in [-0.39, 0.29) is 5.92 Å². The largest absolute Gasteiger partial charge is 0.497 e. The predicted octanol–water partition coefficient (Wildman–Crippen LogP) is 4.98. The third-order valence-corrected chi connectivity index (χ3v) is 5.95. The van der Waals surface area contributed by atoms with Gasteiger partial charge < -0.3 is 23.7 Å². The third kappa shape index (κ3) is 3.89. The van der Waals surface area contributed by atoms with E-state index in [1.807, 2.05) is 54.6 Å². The summed E-state index contributed by atoms with van der Waals surface area (Å²) in [7, 11) is 8.06. The summed E-state index contributed by atoms with van der Waals surface area (Å²) in [6.07, 6.45) is 0.898. The molecule has 0 saturated heterocycles. The van der Waals surface area contributed by atoms with E-state index in [0.717, 1.165) is 39.9 Å². The summed E-state index contributed by atoms with van der Waals surface area (Å²) < 4.78 is 27.6. The summed E-state index contributed by atoms with van der Waals surface area (Å²) in [6, 6.07) is 17.1. The number of ether oxygens (including phenoxy) is 5. The molecule has 0 heterocycles. The van der Waals surface area contributed by atoms with E-state index < -0.39 is 0 Å². The second-order valence-corrected chi connectivity index (χ2v) is 7.54. The second kappa shape index (κ2) is 9.28. The van der Waals surface area contributed by atoms with Crippen molar-refractivity contribution in [1.29, 1.82) is 0 Å². The maximum atomic E-state index is 12.5.